The van der Waals surface area contributed by atoms with E-state index < -0.39 is 5.91 Å². The van der Waals surface area contributed by atoms with Gasteiger partial charge in [0.15, 0.2) is 0 Å². The Morgan fingerprint density at radius 3 is 2.91 bits per heavy atom. The van der Waals surface area contributed by atoms with Crippen molar-refractivity contribution in [3.63, 3.8) is 0 Å². The Bertz CT molecular complexity index is 281. The van der Waals surface area contributed by atoms with Gasteiger partial charge in [-0.2, -0.15) is 0 Å². The van der Waals surface area contributed by atoms with Crippen LogP contribution in [-0.4, -0.2) is 11.1 Å². The molecule has 0 radical (unpaired) electrons. The van der Waals surface area contributed by atoms with Crippen molar-refractivity contribution in [3.05, 3.63) is 16.6 Å². The lowest BCUT2D eigenvalue weighted by molar-refractivity contribution is -0.803. The minimum Gasteiger partial charge on any atom is -0.362 e. The number of aromatic nitrogens is 2. The van der Waals surface area contributed by atoms with Crippen molar-refractivity contribution in [1.82, 2.24) is 5.16 Å². The third kappa shape index (κ3) is 1.14. The Labute approximate surface area is 62.1 Å². The molecule has 1 aromatic heterocycles. The van der Waals surface area contributed by atoms with E-state index >= 15 is 0 Å². The van der Waals surface area contributed by atoms with E-state index in [9.17, 15) is 10.0 Å². The van der Waals surface area contributed by atoms with Crippen LogP contribution >= 0.6 is 0 Å². The van der Waals surface area contributed by atoms with E-state index in [2.05, 4.69) is 9.79 Å². The van der Waals surface area contributed by atoms with Gasteiger partial charge in [0.2, 0.25) is 5.69 Å². The minimum atomic E-state index is -0.821. The van der Waals surface area contributed by atoms with E-state index in [1.165, 1.54) is 0 Å². The second kappa shape index (κ2) is 2.57. The Morgan fingerprint density at radius 2 is 2.55 bits per heavy atom. The molecule has 0 bridgehead atoms. The van der Waals surface area contributed by atoms with Crippen molar-refractivity contribution in [2.24, 2.45) is 5.73 Å². The highest BCUT2D eigenvalue weighted by atomic mass is 16.8. The molecule has 0 aliphatic rings. The SMILES string of the molecule is CCc1no[n+]([O-])c1C(N)=O. The Hall–Kier alpha value is -1.59. The third-order valence-electron chi connectivity index (χ3n) is 1.25. The first-order valence-corrected chi connectivity index (χ1v) is 3.05. The van der Waals surface area contributed by atoms with Crippen LogP contribution in [0.1, 0.15) is 23.1 Å². The highest BCUT2D eigenvalue weighted by Gasteiger charge is 2.21. The highest BCUT2D eigenvalue weighted by Crippen LogP contribution is 1.99. The van der Waals surface area contributed by atoms with Crippen LogP contribution in [0, 0.1) is 5.21 Å². The highest BCUT2D eigenvalue weighted by molar-refractivity contribution is 5.90. The van der Waals surface area contributed by atoms with Crippen LogP contribution < -0.4 is 10.6 Å². The summed E-state index contributed by atoms with van der Waals surface area (Å²) in [5.41, 5.74) is 4.95. The largest absolute Gasteiger partial charge is 0.362 e. The second-order valence-electron chi connectivity index (χ2n) is 1.94. The maximum absolute atomic E-state index is 10.6. The number of carbonyl (C=O) groups excluding carboxylic acids is 1. The van der Waals surface area contributed by atoms with E-state index in [1.54, 1.807) is 6.92 Å². The predicted molar refractivity (Wildman–Crippen MR) is 33.4 cm³/mol. The van der Waals surface area contributed by atoms with Crippen molar-refractivity contribution in [2.45, 2.75) is 13.3 Å². The molecule has 0 aliphatic carbocycles. The Kier molecular flexibility index (Phi) is 1.75. The van der Waals surface area contributed by atoms with Crippen LogP contribution in [0.25, 0.3) is 0 Å². The molecule has 1 amide bonds. The molecule has 0 spiro atoms. The first kappa shape index (κ1) is 7.52. The molecule has 0 saturated heterocycles. The van der Waals surface area contributed by atoms with Gasteiger partial charge in [-0.25, -0.2) is 0 Å². The van der Waals surface area contributed by atoms with Crippen molar-refractivity contribution in [3.8, 4) is 0 Å². The lowest BCUT2D eigenvalue weighted by Crippen LogP contribution is -2.34. The quantitative estimate of drug-likeness (QED) is 0.555. The van der Waals surface area contributed by atoms with Crippen LogP contribution in [0.3, 0.4) is 0 Å². The fourth-order valence-corrected chi connectivity index (χ4v) is 0.740. The van der Waals surface area contributed by atoms with Crippen molar-refractivity contribution < 1.29 is 14.3 Å². The number of aryl methyl sites for hydroxylation is 1. The van der Waals surface area contributed by atoms with E-state index in [0.29, 0.717) is 6.42 Å². The lowest BCUT2D eigenvalue weighted by atomic mass is 10.2. The molecule has 0 saturated carbocycles. The summed E-state index contributed by atoms with van der Waals surface area (Å²) in [6.07, 6.45) is 0.441. The van der Waals surface area contributed by atoms with E-state index in [0.717, 1.165) is 0 Å². The summed E-state index contributed by atoms with van der Waals surface area (Å²) in [5, 5.41) is 14.0. The smallest absolute Gasteiger partial charge is 0.297 e. The summed E-state index contributed by atoms with van der Waals surface area (Å²) < 4.78 is 4.16. The summed E-state index contributed by atoms with van der Waals surface area (Å²) in [5.74, 6) is -0.821. The molecule has 6 heteroatoms. The predicted octanol–water partition coefficient (Wildman–Crippen LogP) is -1.03. The van der Waals surface area contributed by atoms with Crippen molar-refractivity contribution >= 4 is 5.91 Å². The zero-order chi connectivity index (χ0) is 8.43. The average molecular weight is 157 g/mol. The van der Waals surface area contributed by atoms with Gasteiger partial charge in [0.05, 0.1) is 0 Å². The van der Waals surface area contributed by atoms with Gasteiger partial charge in [-0.05, 0) is 4.90 Å². The minimum absolute atomic E-state index is 0.0150. The fraction of sp³-hybridized carbons (Fsp3) is 0.400. The molecule has 2 N–H and O–H groups in total. The molecule has 1 rings (SSSR count). The van der Waals surface area contributed by atoms with E-state index in [4.69, 9.17) is 5.73 Å². The van der Waals surface area contributed by atoms with Gasteiger partial charge in [-0.1, -0.05) is 6.92 Å². The molecule has 0 aromatic carbocycles. The number of hydrogen-bond acceptors (Lipinski definition) is 4. The maximum Gasteiger partial charge on any atom is 0.297 e. The molecule has 0 unspecified atom stereocenters. The molecule has 1 heterocycles. The summed E-state index contributed by atoms with van der Waals surface area (Å²) in [6, 6.07) is 0. The van der Waals surface area contributed by atoms with Gasteiger partial charge in [0.1, 0.15) is 0 Å². The maximum atomic E-state index is 10.6. The number of hydrogen-bond donors (Lipinski definition) is 1. The number of nitrogens with two attached hydrogens (primary N) is 1. The van der Waals surface area contributed by atoms with E-state index in [-0.39, 0.29) is 16.3 Å². The summed E-state index contributed by atoms with van der Waals surface area (Å²) >= 11 is 0. The monoisotopic (exact) mass is 157 g/mol. The summed E-state index contributed by atoms with van der Waals surface area (Å²) in [4.78, 5) is 10.6. The van der Waals surface area contributed by atoms with Crippen molar-refractivity contribution in [2.75, 3.05) is 0 Å². The normalized spacial score (nSPS) is 9.91. The summed E-state index contributed by atoms with van der Waals surface area (Å²) in [7, 11) is 0. The average Bonchev–Trinajstić information content (AvgIpc) is 2.30. The fourth-order valence-electron chi connectivity index (χ4n) is 0.740. The standard InChI is InChI=1S/C5H7N3O3/c1-2-3-4(5(6)9)8(10)11-7-3/h2H2,1H3,(H2,6,9). The number of carbonyl (C=O) groups is 1. The van der Waals surface area contributed by atoms with Crippen LogP contribution in [0.2, 0.25) is 0 Å². The van der Waals surface area contributed by atoms with Crippen LogP contribution in [0.4, 0.5) is 0 Å². The molecule has 0 atom stereocenters. The molecular formula is C5H7N3O3. The van der Waals surface area contributed by atoms with Gasteiger partial charge < -0.3 is 10.9 Å². The second-order valence-corrected chi connectivity index (χ2v) is 1.94. The van der Waals surface area contributed by atoms with Gasteiger partial charge in [-0.15, -0.1) is 0 Å². The van der Waals surface area contributed by atoms with Crippen LogP contribution in [0.5, 0.6) is 0 Å². The van der Waals surface area contributed by atoms with Crippen LogP contribution in [-0.2, 0) is 6.42 Å². The van der Waals surface area contributed by atoms with Gasteiger partial charge >= 0.3 is 0 Å². The van der Waals surface area contributed by atoms with Gasteiger partial charge in [0, 0.05) is 11.6 Å². The summed E-state index contributed by atoms with van der Waals surface area (Å²) in [6.45, 7) is 1.74. The number of nitrogens with zero attached hydrogens (tertiary/aromatic N) is 2. The van der Waals surface area contributed by atoms with Gasteiger partial charge in [-0.3, -0.25) is 9.42 Å². The molecule has 60 valence electrons. The molecule has 0 fully saturated rings. The first-order valence-electron chi connectivity index (χ1n) is 3.05. The number of primary amides is 1. The topological polar surface area (TPSA) is 96.1 Å². The number of rotatable bonds is 2. The van der Waals surface area contributed by atoms with Crippen LogP contribution in [0.15, 0.2) is 4.63 Å². The van der Waals surface area contributed by atoms with Gasteiger partial charge in [0.25, 0.3) is 11.6 Å². The number of amides is 1. The zero-order valence-corrected chi connectivity index (χ0v) is 5.90. The molecule has 1 aromatic rings. The Morgan fingerprint density at radius 1 is 1.91 bits per heavy atom. The third-order valence-corrected chi connectivity index (χ3v) is 1.25. The Balaban J connectivity index is 3.17. The molecule has 6 nitrogen and oxygen atoms in total. The van der Waals surface area contributed by atoms with E-state index in [1.807, 2.05) is 0 Å². The molecule has 11 heavy (non-hydrogen) atoms. The van der Waals surface area contributed by atoms with Crippen molar-refractivity contribution in [1.29, 1.82) is 0 Å². The zero-order valence-electron chi connectivity index (χ0n) is 5.90. The first-order chi connectivity index (χ1) is 5.16. The lowest BCUT2D eigenvalue weighted by Gasteiger charge is -1.88. The molecular weight excluding hydrogens is 150 g/mol. The molecule has 0 aliphatic heterocycles.